The normalized spacial score (nSPS) is 31.0. The molecule has 2 fully saturated rings. The van der Waals surface area contributed by atoms with E-state index in [0.29, 0.717) is 13.0 Å². The Kier molecular flexibility index (Phi) is 4.21. The first-order valence-corrected chi connectivity index (χ1v) is 7.91. The Morgan fingerprint density at radius 2 is 1.62 bits per heavy atom. The van der Waals surface area contributed by atoms with Gasteiger partial charge >= 0.3 is 0 Å². The highest BCUT2D eigenvalue weighted by Gasteiger charge is 2.25. The van der Waals surface area contributed by atoms with Crippen molar-refractivity contribution in [2.24, 2.45) is 0 Å². The number of hydrogen-bond acceptors (Lipinski definition) is 4. The minimum absolute atomic E-state index is 0.0607. The summed E-state index contributed by atoms with van der Waals surface area (Å²) >= 11 is 0. The summed E-state index contributed by atoms with van der Waals surface area (Å²) in [5, 5.41) is 0. The van der Waals surface area contributed by atoms with Crippen molar-refractivity contribution in [2.75, 3.05) is 24.7 Å². The maximum Gasteiger partial charge on any atom is 0.152 e. The van der Waals surface area contributed by atoms with E-state index in [0.717, 1.165) is 32.3 Å². The molecular weight excluding hydrogens is 228 g/mol. The zero-order valence-electron chi connectivity index (χ0n) is 9.56. The molecule has 0 bridgehead atoms. The van der Waals surface area contributed by atoms with Crippen LogP contribution >= 0.6 is 0 Å². The SMILES string of the molecule is O=S(=O)(CC[C@@H]1CCCO1)C[C@@H]1CCCO1. The van der Waals surface area contributed by atoms with Gasteiger partial charge in [0.15, 0.2) is 9.84 Å². The molecule has 2 heterocycles. The zero-order valence-corrected chi connectivity index (χ0v) is 10.4. The summed E-state index contributed by atoms with van der Waals surface area (Å²) in [5.41, 5.74) is 0. The highest BCUT2D eigenvalue weighted by atomic mass is 32.2. The van der Waals surface area contributed by atoms with Gasteiger partial charge < -0.3 is 9.47 Å². The predicted octanol–water partition coefficient (Wildman–Crippen LogP) is 1.15. The van der Waals surface area contributed by atoms with E-state index in [1.165, 1.54) is 0 Å². The molecule has 2 aliphatic heterocycles. The first-order chi connectivity index (χ1) is 7.66. The van der Waals surface area contributed by atoms with Crippen molar-refractivity contribution in [2.45, 2.75) is 44.3 Å². The Morgan fingerprint density at radius 3 is 2.19 bits per heavy atom. The maximum atomic E-state index is 11.8. The van der Waals surface area contributed by atoms with Crippen molar-refractivity contribution in [3.8, 4) is 0 Å². The van der Waals surface area contributed by atoms with Gasteiger partial charge in [0, 0.05) is 13.2 Å². The minimum Gasteiger partial charge on any atom is -0.378 e. The molecule has 0 aromatic carbocycles. The molecule has 2 rings (SSSR count). The summed E-state index contributed by atoms with van der Waals surface area (Å²) in [6.45, 7) is 1.50. The first kappa shape index (κ1) is 12.3. The quantitative estimate of drug-likeness (QED) is 0.732. The lowest BCUT2D eigenvalue weighted by Gasteiger charge is -2.12. The highest BCUT2D eigenvalue weighted by molar-refractivity contribution is 7.91. The third kappa shape index (κ3) is 3.71. The molecule has 0 spiro atoms. The van der Waals surface area contributed by atoms with Crippen LogP contribution in [0.15, 0.2) is 0 Å². The van der Waals surface area contributed by atoms with Crippen LogP contribution in [0.5, 0.6) is 0 Å². The van der Waals surface area contributed by atoms with Gasteiger partial charge in [-0.1, -0.05) is 0 Å². The van der Waals surface area contributed by atoms with Crippen molar-refractivity contribution < 1.29 is 17.9 Å². The van der Waals surface area contributed by atoms with Gasteiger partial charge in [0.2, 0.25) is 0 Å². The second kappa shape index (κ2) is 5.47. The standard InChI is InChI=1S/C11H20O4S/c12-16(13,9-11-4-2-7-15-11)8-5-10-3-1-6-14-10/h10-11H,1-9H2/t10-,11-/m0/s1. The lowest BCUT2D eigenvalue weighted by atomic mass is 10.2. The molecule has 0 unspecified atom stereocenters. The Labute approximate surface area is 97.2 Å². The molecule has 2 atom stereocenters. The number of ether oxygens (including phenoxy) is 2. The molecule has 5 heteroatoms. The molecule has 0 radical (unpaired) electrons. The largest absolute Gasteiger partial charge is 0.378 e. The Hall–Kier alpha value is -0.130. The van der Waals surface area contributed by atoms with Gasteiger partial charge in [-0.3, -0.25) is 0 Å². The fourth-order valence-corrected chi connectivity index (χ4v) is 3.94. The topological polar surface area (TPSA) is 52.6 Å². The van der Waals surface area contributed by atoms with E-state index < -0.39 is 9.84 Å². The van der Waals surface area contributed by atoms with Crippen molar-refractivity contribution in [3.05, 3.63) is 0 Å². The van der Waals surface area contributed by atoms with E-state index in [-0.39, 0.29) is 23.7 Å². The third-order valence-electron chi connectivity index (χ3n) is 3.24. The number of rotatable bonds is 5. The fraction of sp³-hybridized carbons (Fsp3) is 1.00. The Morgan fingerprint density at radius 1 is 1.00 bits per heavy atom. The third-order valence-corrected chi connectivity index (χ3v) is 4.98. The Bertz CT molecular complexity index is 300. The van der Waals surface area contributed by atoms with Gasteiger partial charge in [0.25, 0.3) is 0 Å². The minimum atomic E-state index is -2.96. The van der Waals surface area contributed by atoms with Crippen LogP contribution in [0, 0.1) is 0 Å². The van der Waals surface area contributed by atoms with Crippen molar-refractivity contribution in [3.63, 3.8) is 0 Å². The average Bonchev–Trinajstić information content (AvgIpc) is 2.85. The van der Waals surface area contributed by atoms with Gasteiger partial charge in [0.1, 0.15) is 0 Å². The molecule has 0 aromatic rings. The summed E-state index contributed by atoms with van der Waals surface area (Å²) in [4.78, 5) is 0. The van der Waals surface area contributed by atoms with E-state index in [2.05, 4.69) is 0 Å². The van der Waals surface area contributed by atoms with E-state index in [4.69, 9.17) is 9.47 Å². The predicted molar refractivity (Wildman–Crippen MR) is 61.2 cm³/mol. The van der Waals surface area contributed by atoms with E-state index >= 15 is 0 Å². The molecule has 4 nitrogen and oxygen atoms in total. The van der Waals surface area contributed by atoms with Gasteiger partial charge in [-0.25, -0.2) is 8.42 Å². The molecule has 2 aliphatic rings. The second-order valence-electron chi connectivity index (χ2n) is 4.67. The number of hydrogen-bond donors (Lipinski definition) is 0. The molecule has 2 saturated heterocycles. The van der Waals surface area contributed by atoms with Crippen LogP contribution in [-0.2, 0) is 19.3 Å². The van der Waals surface area contributed by atoms with Crippen LogP contribution in [0.25, 0.3) is 0 Å². The molecule has 0 aromatic heterocycles. The van der Waals surface area contributed by atoms with Gasteiger partial charge in [-0.2, -0.15) is 0 Å². The first-order valence-electron chi connectivity index (χ1n) is 6.09. The van der Waals surface area contributed by atoms with Gasteiger partial charge in [-0.15, -0.1) is 0 Å². The molecule has 0 amide bonds. The van der Waals surface area contributed by atoms with E-state index in [1.807, 2.05) is 0 Å². The van der Waals surface area contributed by atoms with Crippen molar-refractivity contribution in [1.82, 2.24) is 0 Å². The average molecular weight is 248 g/mol. The van der Waals surface area contributed by atoms with Crippen LogP contribution in [0.4, 0.5) is 0 Å². The summed E-state index contributed by atoms with van der Waals surface area (Å²) < 4.78 is 34.4. The van der Waals surface area contributed by atoms with E-state index in [1.54, 1.807) is 0 Å². The highest BCUT2D eigenvalue weighted by Crippen LogP contribution is 2.18. The van der Waals surface area contributed by atoms with Gasteiger partial charge in [0.05, 0.1) is 23.7 Å². The molecule has 0 N–H and O–H groups in total. The summed E-state index contributed by atoms with van der Waals surface area (Å²) in [6, 6.07) is 0. The van der Waals surface area contributed by atoms with Crippen LogP contribution in [0.2, 0.25) is 0 Å². The summed E-state index contributed by atoms with van der Waals surface area (Å²) in [6.07, 6.45) is 4.71. The van der Waals surface area contributed by atoms with Crippen LogP contribution in [0.1, 0.15) is 32.1 Å². The van der Waals surface area contributed by atoms with Crippen LogP contribution < -0.4 is 0 Å². The maximum absolute atomic E-state index is 11.8. The van der Waals surface area contributed by atoms with Crippen molar-refractivity contribution in [1.29, 1.82) is 0 Å². The molecule has 94 valence electrons. The van der Waals surface area contributed by atoms with Crippen LogP contribution in [0.3, 0.4) is 0 Å². The number of sulfone groups is 1. The molecule has 0 saturated carbocycles. The molecule has 0 aliphatic carbocycles. The Balaban J connectivity index is 1.73. The van der Waals surface area contributed by atoms with E-state index in [9.17, 15) is 8.42 Å². The molecular formula is C11H20O4S. The smallest absolute Gasteiger partial charge is 0.152 e. The lowest BCUT2D eigenvalue weighted by molar-refractivity contribution is 0.108. The lowest BCUT2D eigenvalue weighted by Crippen LogP contribution is -2.24. The second-order valence-corrected chi connectivity index (χ2v) is 6.90. The monoisotopic (exact) mass is 248 g/mol. The fourth-order valence-electron chi connectivity index (χ4n) is 2.33. The van der Waals surface area contributed by atoms with Crippen molar-refractivity contribution >= 4 is 9.84 Å². The summed E-state index contributed by atoms with van der Waals surface area (Å²) in [7, 11) is -2.96. The van der Waals surface area contributed by atoms with Gasteiger partial charge in [-0.05, 0) is 32.1 Å². The summed E-state index contributed by atoms with van der Waals surface area (Å²) in [5.74, 6) is 0.442. The van der Waals surface area contributed by atoms with Crippen LogP contribution in [-0.4, -0.2) is 45.3 Å². The molecule has 16 heavy (non-hydrogen) atoms. The zero-order chi connectivity index (χ0) is 11.4.